The Bertz CT molecular complexity index is 827. The number of rotatable bonds is 2. The smallest absolute Gasteiger partial charge is 0.125 e. The molecule has 2 aromatic rings. The predicted octanol–water partition coefficient (Wildman–Crippen LogP) is 3.64. The highest BCUT2D eigenvalue weighted by Crippen LogP contribution is 2.43. The van der Waals surface area contributed by atoms with Crippen LogP contribution in [0.25, 0.3) is 0 Å². The molecule has 2 aromatic carbocycles. The fourth-order valence-corrected chi connectivity index (χ4v) is 3.46. The molecule has 0 aromatic heterocycles. The van der Waals surface area contributed by atoms with E-state index in [0.717, 1.165) is 54.8 Å². The second-order valence-electron chi connectivity index (χ2n) is 6.91. The average molecular weight is 353 g/mol. The van der Waals surface area contributed by atoms with Crippen molar-refractivity contribution in [1.29, 1.82) is 0 Å². The largest absolute Gasteiger partial charge is 0.352 e. The minimum Gasteiger partial charge on any atom is -0.352 e. The third-order valence-corrected chi connectivity index (χ3v) is 5.03. The van der Waals surface area contributed by atoms with Crippen LogP contribution in [0.2, 0.25) is 0 Å². The Labute approximate surface area is 153 Å². The Morgan fingerprint density at radius 3 is 2.58 bits per heavy atom. The lowest BCUT2D eigenvalue weighted by molar-refractivity contribution is 0.158. The normalized spacial score (nSPS) is 18.3. The van der Waals surface area contributed by atoms with Crippen molar-refractivity contribution in [3.63, 3.8) is 0 Å². The number of fused-ring (bicyclic) bond motifs is 2. The number of halogens is 1. The summed E-state index contributed by atoms with van der Waals surface area (Å²) in [4.78, 5) is 11.5. The number of para-hydroxylation sites is 2. The zero-order valence-corrected chi connectivity index (χ0v) is 15.2. The van der Waals surface area contributed by atoms with E-state index in [-0.39, 0.29) is 5.82 Å². The maximum Gasteiger partial charge on any atom is 0.125 e. The Morgan fingerprint density at radius 1 is 1.04 bits per heavy atom. The Hall–Kier alpha value is -2.44. The van der Waals surface area contributed by atoms with E-state index in [1.165, 1.54) is 6.07 Å². The van der Waals surface area contributed by atoms with Gasteiger partial charge in [-0.25, -0.2) is 4.39 Å². The number of nitrogens with zero attached hydrogens (tertiary/aromatic N) is 4. The number of nitrogens with one attached hydrogen (secondary N) is 1. The molecule has 2 heterocycles. The molecule has 5 nitrogen and oxygen atoms in total. The fourth-order valence-electron chi connectivity index (χ4n) is 3.46. The minimum absolute atomic E-state index is 0.248. The van der Waals surface area contributed by atoms with Crippen molar-refractivity contribution < 1.29 is 4.39 Å². The van der Waals surface area contributed by atoms with Crippen molar-refractivity contribution in [2.45, 2.75) is 6.92 Å². The average Bonchev–Trinajstić information content (AvgIpc) is 2.65. The molecule has 0 spiro atoms. The van der Waals surface area contributed by atoms with Crippen LogP contribution in [0.15, 0.2) is 47.5 Å². The lowest BCUT2D eigenvalue weighted by Crippen LogP contribution is -2.44. The predicted molar refractivity (Wildman–Crippen MR) is 105 cm³/mol. The van der Waals surface area contributed by atoms with E-state index < -0.39 is 0 Å². The monoisotopic (exact) mass is 353 g/mol. The lowest BCUT2D eigenvalue weighted by Gasteiger charge is -2.34. The maximum atomic E-state index is 13.9. The van der Waals surface area contributed by atoms with Gasteiger partial charge in [-0.05, 0) is 38.2 Å². The van der Waals surface area contributed by atoms with Gasteiger partial charge >= 0.3 is 0 Å². The van der Waals surface area contributed by atoms with Crippen LogP contribution in [0.4, 0.5) is 27.1 Å². The van der Waals surface area contributed by atoms with Crippen LogP contribution in [0, 0.1) is 5.82 Å². The highest BCUT2D eigenvalue weighted by atomic mass is 19.1. The molecule has 136 valence electrons. The summed E-state index contributed by atoms with van der Waals surface area (Å²) < 4.78 is 13.9. The van der Waals surface area contributed by atoms with Gasteiger partial charge in [-0.1, -0.05) is 12.1 Å². The highest BCUT2D eigenvalue weighted by Gasteiger charge is 2.25. The second-order valence-corrected chi connectivity index (χ2v) is 6.91. The second kappa shape index (κ2) is 7.05. The summed E-state index contributed by atoms with van der Waals surface area (Å²) in [7, 11) is 2.15. The van der Waals surface area contributed by atoms with Crippen molar-refractivity contribution in [1.82, 2.24) is 9.80 Å². The van der Waals surface area contributed by atoms with E-state index in [4.69, 9.17) is 4.99 Å². The molecular weight excluding hydrogens is 329 g/mol. The summed E-state index contributed by atoms with van der Waals surface area (Å²) in [6.45, 7) is 6.84. The summed E-state index contributed by atoms with van der Waals surface area (Å²) in [6, 6.07) is 12.9. The molecule has 1 fully saturated rings. The van der Waals surface area contributed by atoms with Gasteiger partial charge in [-0.15, -0.1) is 0 Å². The van der Waals surface area contributed by atoms with E-state index in [0.29, 0.717) is 6.67 Å². The van der Waals surface area contributed by atoms with Crippen LogP contribution in [0.3, 0.4) is 0 Å². The number of piperazine rings is 1. The molecular formula is C20H24FN5. The molecule has 0 atom stereocenters. The first kappa shape index (κ1) is 17.0. The molecule has 1 saturated heterocycles. The number of aliphatic imine (C=N–C) groups is 1. The van der Waals surface area contributed by atoms with Crippen LogP contribution in [-0.2, 0) is 0 Å². The van der Waals surface area contributed by atoms with Gasteiger partial charge in [0.25, 0.3) is 0 Å². The quantitative estimate of drug-likeness (QED) is 0.660. The molecule has 0 saturated carbocycles. The molecule has 1 N–H and O–H groups in total. The molecule has 4 rings (SSSR count). The molecule has 0 bridgehead atoms. The van der Waals surface area contributed by atoms with Gasteiger partial charge in [0.2, 0.25) is 0 Å². The van der Waals surface area contributed by atoms with Gasteiger partial charge in [0, 0.05) is 32.2 Å². The minimum atomic E-state index is -0.248. The van der Waals surface area contributed by atoms with Crippen molar-refractivity contribution in [3.05, 3.63) is 48.3 Å². The van der Waals surface area contributed by atoms with Crippen molar-refractivity contribution in [3.8, 4) is 0 Å². The lowest BCUT2D eigenvalue weighted by atomic mass is 10.1. The first-order chi connectivity index (χ1) is 12.6. The molecule has 0 unspecified atom stereocenters. The van der Waals surface area contributed by atoms with Crippen LogP contribution in [0.1, 0.15) is 6.92 Å². The fraction of sp³-hybridized carbons (Fsp3) is 0.350. The summed E-state index contributed by atoms with van der Waals surface area (Å²) in [5.74, 6) is 0.617. The van der Waals surface area contributed by atoms with E-state index >= 15 is 0 Å². The van der Waals surface area contributed by atoms with Gasteiger partial charge in [0.15, 0.2) is 0 Å². The summed E-state index contributed by atoms with van der Waals surface area (Å²) in [6.07, 6.45) is 0. The number of benzene rings is 2. The number of amidine groups is 1. The standard InChI is InChI=1S/C20H24FN5/c1-15(22-14-25-11-9-24(2)10-12-25)26-19-6-4-3-5-17(19)23-18-8-7-16(21)13-20(18)26/h3-8,13,23H,9-12,14H2,1-2H3/b22-15+. The van der Waals surface area contributed by atoms with Gasteiger partial charge in [0.1, 0.15) is 11.7 Å². The van der Waals surface area contributed by atoms with Crippen LogP contribution in [-0.4, -0.2) is 55.5 Å². The maximum absolute atomic E-state index is 13.9. The van der Waals surface area contributed by atoms with Gasteiger partial charge in [-0.3, -0.25) is 14.8 Å². The number of likely N-dealkylation sites (N-methyl/N-ethyl adjacent to an activating group) is 1. The summed E-state index contributed by atoms with van der Waals surface area (Å²) in [5, 5.41) is 3.38. The van der Waals surface area contributed by atoms with Gasteiger partial charge in [-0.2, -0.15) is 0 Å². The zero-order valence-electron chi connectivity index (χ0n) is 15.2. The number of hydrogen-bond donors (Lipinski definition) is 1. The highest BCUT2D eigenvalue weighted by molar-refractivity contribution is 6.10. The molecule has 26 heavy (non-hydrogen) atoms. The topological polar surface area (TPSA) is 34.1 Å². The van der Waals surface area contributed by atoms with Crippen molar-refractivity contribution in [2.24, 2.45) is 4.99 Å². The zero-order chi connectivity index (χ0) is 18.1. The summed E-state index contributed by atoms with van der Waals surface area (Å²) >= 11 is 0. The van der Waals surface area contributed by atoms with Crippen molar-refractivity contribution >= 4 is 28.6 Å². The Balaban J connectivity index is 1.64. The molecule has 0 aliphatic carbocycles. The molecule has 2 aliphatic rings. The van der Waals surface area contributed by atoms with Gasteiger partial charge < -0.3 is 10.2 Å². The number of anilines is 4. The van der Waals surface area contributed by atoms with E-state index in [1.54, 1.807) is 12.1 Å². The number of hydrogen-bond acceptors (Lipinski definition) is 4. The van der Waals surface area contributed by atoms with Gasteiger partial charge in [0.05, 0.1) is 29.4 Å². The molecule has 6 heteroatoms. The van der Waals surface area contributed by atoms with Crippen molar-refractivity contribution in [2.75, 3.05) is 50.1 Å². The van der Waals surface area contributed by atoms with E-state index in [9.17, 15) is 4.39 Å². The first-order valence-electron chi connectivity index (χ1n) is 8.99. The Morgan fingerprint density at radius 2 is 1.77 bits per heavy atom. The first-order valence-corrected chi connectivity index (χ1v) is 8.99. The molecule has 0 amide bonds. The van der Waals surface area contributed by atoms with E-state index in [2.05, 4.69) is 22.2 Å². The van der Waals surface area contributed by atoms with Crippen LogP contribution < -0.4 is 10.2 Å². The third-order valence-electron chi connectivity index (χ3n) is 5.03. The third kappa shape index (κ3) is 3.30. The SMILES string of the molecule is C/C(=N\CN1CCN(C)CC1)N1c2ccccc2Nc2ccc(F)cc21. The molecule has 0 radical (unpaired) electrons. The van der Waals surface area contributed by atoms with Crippen LogP contribution in [0.5, 0.6) is 0 Å². The summed E-state index contributed by atoms with van der Waals surface area (Å²) in [5.41, 5.74) is 3.67. The van der Waals surface area contributed by atoms with Crippen LogP contribution >= 0.6 is 0 Å². The molecule has 2 aliphatic heterocycles. The Kier molecular flexibility index (Phi) is 4.61. The van der Waals surface area contributed by atoms with E-state index in [1.807, 2.05) is 36.1 Å².